The van der Waals surface area contributed by atoms with E-state index < -0.39 is 5.82 Å². The fourth-order valence-corrected chi connectivity index (χ4v) is 6.47. The van der Waals surface area contributed by atoms with Gasteiger partial charge in [0.15, 0.2) is 5.82 Å². The van der Waals surface area contributed by atoms with Crippen molar-refractivity contribution in [3.8, 4) is 0 Å². The van der Waals surface area contributed by atoms with Gasteiger partial charge < -0.3 is 15.4 Å². The lowest BCUT2D eigenvalue weighted by Gasteiger charge is -2.48. The lowest BCUT2D eigenvalue weighted by molar-refractivity contribution is -0.127. The van der Waals surface area contributed by atoms with Gasteiger partial charge in [0.25, 0.3) is 0 Å². The molecule has 1 saturated carbocycles. The van der Waals surface area contributed by atoms with Gasteiger partial charge in [0.2, 0.25) is 11.9 Å². The Bertz CT molecular complexity index is 759. The predicted octanol–water partition coefficient (Wildman–Crippen LogP) is 1.96. The van der Waals surface area contributed by atoms with E-state index in [2.05, 4.69) is 19.8 Å². The molecule has 4 heterocycles. The molecule has 4 aliphatic rings. The zero-order valence-corrected chi connectivity index (χ0v) is 17.6. The first kappa shape index (κ1) is 20.1. The number of hydrogen-bond acceptors (Lipinski definition) is 6. The molecule has 0 aromatic carbocycles. The second kappa shape index (κ2) is 8.04. The summed E-state index contributed by atoms with van der Waals surface area (Å²) >= 11 is 0. The fourth-order valence-electron chi connectivity index (χ4n) is 6.47. The summed E-state index contributed by atoms with van der Waals surface area (Å²) in [5.74, 6) is 1.60. The SMILES string of the molecule is CO[C@@H]1CN(c2ncc(F)cn2)CCC1C1C[C@H]2CC[C@@H](C1)N2[C@@H](C(N)=O)C1CC1. The predicted molar refractivity (Wildman–Crippen MR) is 110 cm³/mol. The highest BCUT2D eigenvalue weighted by Crippen LogP contribution is 2.48. The van der Waals surface area contributed by atoms with E-state index >= 15 is 0 Å². The average Bonchev–Trinajstić information content (AvgIpc) is 3.54. The van der Waals surface area contributed by atoms with Crippen molar-refractivity contribution < 1.29 is 13.9 Å². The minimum absolute atomic E-state index is 0.0563. The number of piperidine rings is 2. The molecule has 0 spiro atoms. The second-order valence-corrected chi connectivity index (χ2v) is 9.62. The summed E-state index contributed by atoms with van der Waals surface area (Å²) in [6.45, 7) is 1.59. The Morgan fingerprint density at radius 2 is 1.83 bits per heavy atom. The van der Waals surface area contributed by atoms with Crippen LogP contribution in [0, 0.1) is 23.6 Å². The Hall–Kier alpha value is -1.80. The maximum Gasteiger partial charge on any atom is 0.235 e. The van der Waals surface area contributed by atoms with Gasteiger partial charge in [-0.25, -0.2) is 14.4 Å². The van der Waals surface area contributed by atoms with Crippen LogP contribution in [0.4, 0.5) is 10.3 Å². The molecule has 1 aromatic rings. The largest absolute Gasteiger partial charge is 0.379 e. The van der Waals surface area contributed by atoms with E-state index in [4.69, 9.17) is 10.5 Å². The summed E-state index contributed by atoms with van der Waals surface area (Å²) in [5, 5.41) is 0. The molecule has 164 valence electrons. The molecule has 30 heavy (non-hydrogen) atoms. The standard InChI is InChI=1S/C22H32FN5O2/c1-30-19-12-27(22-25-10-15(23)11-26-22)7-6-18(19)14-8-16-4-5-17(9-14)28(16)20(21(24)29)13-2-3-13/h10-11,13-14,16-20H,2-9,12H2,1H3,(H2,24,29)/t14?,16-,17+,18?,19-,20-/m1/s1. The molecule has 3 aliphatic heterocycles. The van der Waals surface area contributed by atoms with E-state index in [0.717, 1.165) is 45.2 Å². The number of amides is 1. The minimum atomic E-state index is -0.417. The van der Waals surface area contributed by atoms with Crippen molar-refractivity contribution in [3.63, 3.8) is 0 Å². The third kappa shape index (κ3) is 3.68. The summed E-state index contributed by atoms with van der Waals surface area (Å²) in [6.07, 6.45) is 10.5. The minimum Gasteiger partial charge on any atom is -0.379 e. The van der Waals surface area contributed by atoms with E-state index in [1.54, 1.807) is 7.11 Å². The Morgan fingerprint density at radius 3 is 2.40 bits per heavy atom. The molecule has 1 aliphatic carbocycles. The lowest BCUT2D eigenvalue weighted by atomic mass is 9.74. The topological polar surface area (TPSA) is 84.6 Å². The fraction of sp³-hybridized carbons (Fsp3) is 0.773. The van der Waals surface area contributed by atoms with Gasteiger partial charge in [-0.3, -0.25) is 9.69 Å². The molecule has 3 saturated heterocycles. The molecule has 0 radical (unpaired) electrons. The number of fused-ring (bicyclic) bond motifs is 2. The molecular formula is C22H32FN5O2. The van der Waals surface area contributed by atoms with Gasteiger partial charge in [-0.15, -0.1) is 0 Å². The van der Waals surface area contributed by atoms with E-state index in [1.165, 1.54) is 25.2 Å². The number of nitrogens with two attached hydrogens (primary N) is 1. The van der Waals surface area contributed by atoms with E-state index in [0.29, 0.717) is 35.8 Å². The number of nitrogens with zero attached hydrogens (tertiary/aromatic N) is 4. The third-order valence-corrected chi connectivity index (χ3v) is 7.92. The maximum absolute atomic E-state index is 13.2. The zero-order valence-electron chi connectivity index (χ0n) is 17.6. The first-order valence-electron chi connectivity index (χ1n) is 11.4. The quantitative estimate of drug-likeness (QED) is 0.762. The Morgan fingerprint density at radius 1 is 1.17 bits per heavy atom. The van der Waals surface area contributed by atoms with Crippen molar-refractivity contribution in [3.05, 3.63) is 18.2 Å². The molecule has 2 N–H and O–H groups in total. The zero-order chi connectivity index (χ0) is 20.8. The highest BCUT2D eigenvalue weighted by molar-refractivity contribution is 5.80. The number of carbonyl (C=O) groups excluding carboxylic acids is 1. The van der Waals surface area contributed by atoms with Gasteiger partial charge in [0.05, 0.1) is 24.5 Å². The maximum atomic E-state index is 13.2. The molecule has 5 rings (SSSR count). The van der Waals surface area contributed by atoms with Gasteiger partial charge in [-0.2, -0.15) is 0 Å². The smallest absolute Gasteiger partial charge is 0.235 e. The van der Waals surface area contributed by atoms with Crippen LogP contribution in [0.25, 0.3) is 0 Å². The number of ether oxygens (including phenoxy) is 1. The van der Waals surface area contributed by atoms with Crippen LogP contribution in [0.3, 0.4) is 0 Å². The molecule has 8 heteroatoms. The Balaban J connectivity index is 1.26. The number of rotatable bonds is 6. The summed E-state index contributed by atoms with van der Waals surface area (Å²) < 4.78 is 19.1. The molecule has 2 unspecified atom stereocenters. The number of anilines is 1. The van der Waals surface area contributed by atoms with Crippen molar-refractivity contribution in [1.29, 1.82) is 0 Å². The van der Waals surface area contributed by atoms with Crippen LogP contribution in [0.15, 0.2) is 12.4 Å². The Labute approximate surface area is 177 Å². The van der Waals surface area contributed by atoms with Crippen molar-refractivity contribution in [2.45, 2.75) is 69.2 Å². The molecule has 7 nitrogen and oxygen atoms in total. The van der Waals surface area contributed by atoms with E-state index in [-0.39, 0.29) is 18.1 Å². The Kier molecular flexibility index (Phi) is 5.39. The van der Waals surface area contributed by atoms with Crippen LogP contribution < -0.4 is 10.6 Å². The molecule has 1 aromatic heterocycles. The number of aromatic nitrogens is 2. The van der Waals surface area contributed by atoms with Crippen molar-refractivity contribution in [1.82, 2.24) is 14.9 Å². The molecular weight excluding hydrogens is 385 g/mol. The molecule has 1 amide bonds. The average molecular weight is 418 g/mol. The monoisotopic (exact) mass is 417 g/mol. The summed E-state index contributed by atoms with van der Waals surface area (Å²) in [5.41, 5.74) is 5.82. The summed E-state index contributed by atoms with van der Waals surface area (Å²) in [7, 11) is 1.78. The number of halogens is 1. The number of methoxy groups -OCH3 is 1. The highest BCUT2D eigenvalue weighted by Gasteiger charge is 2.51. The van der Waals surface area contributed by atoms with Crippen LogP contribution in [0.1, 0.15) is 44.9 Å². The van der Waals surface area contributed by atoms with Crippen LogP contribution >= 0.6 is 0 Å². The van der Waals surface area contributed by atoms with Crippen LogP contribution in [-0.2, 0) is 9.53 Å². The van der Waals surface area contributed by atoms with Crippen molar-refractivity contribution in [2.75, 3.05) is 25.1 Å². The van der Waals surface area contributed by atoms with E-state index in [1.807, 2.05) is 0 Å². The van der Waals surface area contributed by atoms with Crippen LogP contribution in [-0.4, -0.2) is 65.2 Å². The molecule has 2 bridgehead atoms. The summed E-state index contributed by atoms with van der Waals surface area (Å²) in [6, 6.07) is 0.893. The van der Waals surface area contributed by atoms with Gasteiger partial charge in [0.1, 0.15) is 0 Å². The lowest BCUT2D eigenvalue weighted by Crippen LogP contribution is -2.57. The second-order valence-electron chi connectivity index (χ2n) is 9.62. The molecule has 4 fully saturated rings. The number of primary amides is 1. The van der Waals surface area contributed by atoms with Gasteiger partial charge in [-0.1, -0.05) is 0 Å². The van der Waals surface area contributed by atoms with Gasteiger partial charge in [0, 0.05) is 32.3 Å². The highest BCUT2D eigenvalue weighted by atomic mass is 19.1. The van der Waals surface area contributed by atoms with Crippen molar-refractivity contribution in [2.24, 2.45) is 23.5 Å². The van der Waals surface area contributed by atoms with Crippen LogP contribution in [0.5, 0.6) is 0 Å². The molecule has 6 atom stereocenters. The third-order valence-electron chi connectivity index (χ3n) is 7.92. The van der Waals surface area contributed by atoms with Gasteiger partial charge in [-0.05, 0) is 62.7 Å². The van der Waals surface area contributed by atoms with Gasteiger partial charge >= 0.3 is 0 Å². The normalized spacial score (nSPS) is 35.4. The summed E-state index contributed by atoms with van der Waals surface area (Å²) in [4.78, 5) is 25.1. The van der Waals surface area contributed by atoms with Crippen molar-refractivity contribution >= 4 is 11.9 Å². The first-order valence-corrected chi connectivity index (χ1v) is 11.4. The van der Waals surface area contributed by atoms with E-state index in [9.17, 15) is 9.18 Å². The van der Waals surface area contributed by atoms with Crippen LogP contribution in [0.2, 0.25) is 0 Å². The number of carbonyl (C=O) groups is 1. The number of hydrogen-bond donors (Lipinski definition) is 1. The first-order chi connectivity index (χ1) is 14.5.